The van der Waals surface area contributed by atoms with Crippen molar-refractivity contribution in [2.45, 2.75) is 30.3 Å². The first-order chi connectivity index (χ1) is 8.19. The Kier molecular flexibility index (Phi) is 4.07. The van der Waals surface area contributed by atoms with Crippen LogP contribution in [0, 0.1) is 5.92 Å². The fourth-order valence-corrected chi connectivity index (χ4v) is 2.36. The van der Waals surface area contributed by atoms with Gasteiger partial charge in [0.15, 0.2) is 0 Å². The molecule has 0 bridgehead atoms. The molecule has 0 atom stereocenters. The molecule has 1 aliphatic carbocycles. The minimum Gasteiger partial charge on any atom is -0.352 e. The molecular formula is C13H18N2OS. The van der Waals surface area contributed by atoms with Crippen LogP contribution in [0.5, 0.6) is 0 Å². The van der Waals surface area contributed by atoms with Crippen molar-refractivity contribution in [3.05, 3.63) is 29.8 Å². The maximum Gasteiger partial charge on any atom is 0.223 e. The van der Waals surface area contributed by atoms with Crippen molar-refractivity contribution in [2.24, 2.45) is 11.7 Å². The Morgan fingerprint density at radius 1 is 1.41 bits per heavy atom. The number of hydrogen-bond acceptors (Lipinski definition) is 3. The number of carbonyl (C=O) groups excluding carboxylic acids is 1. The molecule has 1 amide bonds. The third-order valence-corrected chi connectivity index (χ3v) is 3.91. The Balaban J connectivity index is 1.79. The normalized spacial score (nSPS) is 22.9. The van der Waals surface area contributed by atoms with Crippen molar-refractivity contribution in [3.8, 4) is 0 Å². The molecular weight excluding hydrogens is 232 g/mol. The second-order valence-electron chi connectivity index (χ2n) is 4.49. The molecule has 1 saturated carbocycles. The molecule has 1 fully saturated rings. The lowest BCUT2D eigenvalue weighted by Gasteiger charge is -2.31. The highest BCUT2D eigenvalue weighted by Gasteiger charge is 2.31. The van der Waals surface area contributed by atoms with Gasteiger partial charge in [-0.1, -0.05) is 12.1 Å². The Labute approximate surface area is 106 Å². The van der Waals surface area contributed by atoms with Gasteiger partial charge in [0.1, 0.15) is 0 Å². The van der Waals surface area contributed by atoms with E-state index in [1.807, 2.05) is 0 Å². The molecule has 0 spiro atoms. The summed E-state index contributed by atoms with van der Waals surface area (Å²) in [5, 5.41) is 2.96. The van der Waals surface area contributed by atoms with Gasteiger partial charge in [-0.3, -0.25) is 4.79 Å². The van der Waals surface area contributed by atoms with Gasteiger partial charge < -0.3 is 11.1 Å². The number of nitrogens with two attached hydrogens (primary N) is 1. The van der Waals surface area contributed by atoms with Gasteiger partial charge in [0.05, 0.1) is 0 Å². The van der Waals surface area contributed by atoms with Gasteiger partial charge in [-0.15, -0.1) is 11.8 Å². The molecule has 3 nitrogen and oxygen atoms in total. The monoisotopic (exact) mass is 250 g/mol. The van der Waals surface area contributed by atoms with Gasteiger partial charge in [0.2, 0.25) is 5.91 Å². The molecule has 0 heterocycles. The molecule has 4 heteroatoms. The minimum atomic E-state index is 0.135. The van der Waals surface area contributed by atoms with Crippen LogP contribution in [-0.2, 0) is 11.3 Å². The highest BCUT2D eigenvalue weighted by molar-refractivity contribution is 7.98. The molecule has 2 rings (SSSR count). The van der Waals surface area contributed by atoms with E-state index in [1.165, 1.54) is 4.90 Å². The van der Waals surface area contributed by atoms with Gasteiger partial charge in [0, 0.05) is 23.4 Å². The summed E-state index contributed by atoms with van der Waals surface area (Å²) < 4.78 is 0. The Hall–Kier alpha value is -1.00. The number of nitrogens with one attached hydrogen (secondary N) is 1. The number of thioether (sulfide) groups is 1. The SMILES string of the molecule is CSc1ccc(CNC(=O)C2CC(N)C2)cc1. The van der Waals surface area contributed by atoms with Crippen LogP contribution in [0.15, 0.2) is 29.2 Å². The van der Waals surface area contributed by atoms with Crippen LogP contribution in [-0.4, -0.2) is 18.2 Å². The molecule has 3 N–H and O–H groups in total. The topological polar surface area (TPSA) is 55.1 Å². The predicted molar refractivity (Wildman–Crippen MR) is 70.8 cm³/mol. The van der Waals surface area contributed by atoms with E-state index in [1.54, 1.807) is 11.8 Å². The molecule has 0 aromatic heterocycles. The molecule has 1 aromatic carbocycles. The van der Waals surface area contributed by atoms with Gasteiger partial charge in [-0.2, -0.15) is 0 Å². The lowest BCUT2D eigenvalue weighted by molar-refractivity contribution is -0.128. The van der Waals surface area contributed by atoms with Crippen LogP contribution >= 0.6 is 11.8 Å². The van der Waals surface area contributed by atoms with Crippen molar-refractivity contribution < 1.29 is 4.79 Å². The lowest BCUT2D eigenvalue weighted by atomic mass is 9.80. The van der Waals surface area contributed by atoms with Crippen molar-refractivity contribution in [1.29, 1.82) is 0 Å². The standard InChI is InChI=1S/C13H18N2OS/c1-17-12-4-2-9(3-5-12)8-15-13(16)10-6-11(14)7-10/h2-5,10-11H,6-8,14H2,1H3,(H,15,16). The number of amides is 1. The summed E-state index contributed by atoms with van der Waals surface area (Å²) in [6, 6.07) is 8.49. The maximum absolute atomic E-state index is 11.7. The first-order valence-electron chi connectivity index (χ1n) is 5.85. The minimum absolute atomic E-state index is 0.135. The summed E-state index contributed by atoms with van der Waals surface area (Å²) in [4.78, 5) is 12.9. The molecule has 0 unspecified atom stereocenters. The first kappa shape index (κ1) is 12.5. The molecule has 17 heavy (non-hydrogen) atoms. The number of carbonyl (C=O) groups is 1. The Bertz CT molecular complexity index is 385. The molecule has 1 aromatic rings. The van der Waals surface area contributed by atoms with E-state index >= 15 is 0 Å². The molecule has 0 saturated heterocycles. The first-order valence-corrected chi connectivity index (χ1v) is 7.07. The molecule has 0 radical (unpaired) electrons. The third kappa shape index (κ3) is 3.23. The fourth-order valence-electron chi connectivity index (χ4n) is 1.95. The summed E-state index contributed by atoms with van der Waals surface area (Å²) in [5.74, 6) is 0.274. The van der Waals surface area contributed by atoms with E-state index in [0.29, 0.717) is 6.54 Å². The lowest BCUT2D eigenvalue weighted by Crippen LogP contribution is -2.44. The molecule has 92 valence electrons. The van der Waals surface area contributed by atoms with Gasteiger partial charge >= 0.3 is 0 Å². The van der Waals surface area contributed by atoms with E-state index in [9.17, 15) is 4.79 Å². The van der Waals surface area contributed by atoms with E-state index < -0.39 is 0 Å². The van der Waals surface area contributed by atoms with Gasteiger partial charge in [-0.05, 0) is 36.8 Å². The molecule has 1 aliphatic rings. The van der Waals surface area contributed by atoms with Crippen molar-refractivity contribution >= 4 is 17.7 Å². The third-order valence-electron chi connectivity index (χ3n) is 3.17. The average Bonchev–Trinajstić information content (AvgIpc) is 2.32. The summed E-state index contributed by atoms with van der Waals surface area (Å²) in [5.41, 5.74) is 6.80. The number of rotatable bonds is 4. The Morgan fingerprint density at radius 3 is 2.59 bits per heavy atom. The van der Waals surface area contributed by atoms with Crippen LogP contribution in [0.3, 0.4) is 0 Å². The van der Waals surface area contributed by atoms with E-state index in [4.69, 9.17) is 5.73 Å². The van der Waals surface area contributed by atoms with Crippen molar-refractivity contribution in [3.63, 3.8) is 0 Å². The number of benzene rings is 1. The van der Waals surface area contributed by atoms with E-state index in [-0.39, 0.29) is 17.9 Å². The highest BCUT2D eigenvalue weighted by Crippen LogP contribution is 2.25. The van der Waals surface area contributed by atoms with Crippen LogP contribution < -0.4 is 11.1 Å². The predicted octanol–water partition coefficient (Wildman–Crippen LogP) is 1.76. The summed E-state index contributed by atoms with van der Waals surface area (Å²) >= 11 is 1.72. The van der Waals surface area contributed by atoms with Crippen LogP contribution in [0.4, 0.5) is 0 Å². The smallest absolute Gasteiger partial charge is 0.223 e. The van der Waals surface area contributed by atoms with Crippen LogP contribution in [0.25, 0.3) is 0 Å². The summed E-state index contributed by atoms with van der Waals surface area (Å²) in [6.45, 7) is 0.610. The van der Waals surface area contributed by atoms with Crippen molar-refractivity contribution in [2.75, 3.05) is 6.26 Å². The quantitative estimate of drug-likeness (QED) is 0.801. The second kappa shape index (κ2) is 5.56. The maximum atomic E-state index is 11.7. The molecule has 0 aliphatic heterocycles. The largest absolute Gasteiger partial charge is 0.352 e. The zero-order valence-corrected chi connectivity index (χ0v) is 10.8. The van der Waals surface area contributed by atoms with E-state index in [2.05, 4.69) is 35.8 Å². The second-order valence-corrected chi connectivity index (χ2v) is 5.37. The summed E-state index contributed by atoms with van der Waals surface area (Å²) in [6.07, 6.45) is 3.71. The average molecular weight is 250 g/mol. The fraction of sp³-hybridized carbons (Fsp3) is 0.462. The van der Waals surface area contributed by atoms with Gasteiger partial charge in [0.25, 0.3) is 0 Å². The van der Waals surface area contributed by atoms with Crippen molar-refractivity contribution in [1.82, 2.24) is 5.32 Å². The summed E-state index contributed by atoms with van der Waals surface area (Å²) in [7, 11) is 0. The van der Waals surface area contributed by atoms with Gasteiger partial charge in [-0.25, -0.2) is 0 Å². The zero-order valence-electron chi connectivity index (χ0n) is 9.98. The van der Waals surface area contributed by atoms with Crippen LogP contribution in [0.2, 0.25) is 0 Å². The Morgan fingerprint density at radius 2 is 2.06 bits per heavy atom. The highest BCUT2D eigenvalue weighted by atomic mass is 32.2. The van der Waals surface area contributed by atoms with E-state index in [0.717, 1.165) is 18.4 Å². The number of hydrogen-bond donors (Lipinski definition) is 2. The van der Waals surface area contributed by atoms with Crippen LogP contribution in [0.1, 0.15) is 18.4 Å². The zero-order chi connectivity index (χ0) is 12.3.